The summed E-state index contributed by atoms with van der Waals surface area (Å²) in [5, 5.41) is 11.8. The van der Waals surface area contributed by atoms with E-state index in [1.807, 2.05) is 98.7 Å². The van der Waals surface area contributed by atoms with Crippen LogP contribution < -0.4 is 5.32 Å². The fraction of sp³-hybridized carbons (Fsp3) is 0.405. The molecule has 3 N–H and O–H groups in total. The molecular formula is C42H58F3N7. The van der Waals surface area contributed by atoms with E-state index in [4.69, 9.17) is 4.98 Å². The molecule has 10 heteroatoms. The monoisotopic (exact) mass is 717 g/mol. The Morgan fingerprint density at radius 2 is 1.73 bits per heavy atom. The minimum atomic E-state index is -2.64. The second-order valence-electron chi connectivity index (χ2n) is 11.1. The largest absolute Gasteiger partial charge is 0.385 e. The molecule has 3 aromatic heterocycles. The number of aromatic amines is 2. The number of hydrogen-bond donors (Lipinski definition) is 3. The van der Waals surface area contributed by atoms with Gasteiger partial charge in [-0.3, -0.25) is 15.0 Å². The van der Waals surface area contributed by atoms with Gasteiger partial charge in [-0.05, 0) is 65.9 Å². The van der Waals surface area contributed by atoms with Gasteiger partial charge in [0.2, 0.25) is 0 Å². The highest BCUT2D eigenvalue weighted by molar-refractivity contribution is 5.98. The van der Waals surface area contributed by atoms with Crippen LogP contribution in [0.5, 0.6) is 0 Å². The molecule has 1 saturated heterocycles. The van der Waals surface area contributed by atoms with E-state index in [0.29, 0.717) is 52.5 Å². The molecule has 0 radical (unpaired) electrons. The number of aromatic nitrogens is 5. The van der Waals surface area contributed by atoms with Gasteiger partial charge in [-0.15, -0.1) is 0 Å². The van der Waals surface area contributed by atoms with Crippen LogP contribution in [-0.2, 0) is 0 Å². The quantitative estimate of drug-likeness (QED) is 0.125. The first kappa shape index (κ1) is 43.5. The van der Waals surface area contributed by atoms with Crippen molar-refractivity contribution in [3.63, 3.8) is 0 Å². The third-order valence-corrected chi connectivity index (χ3v) is 7.87. The van der Waals surface area contributed by atoms with Gasteiger partial charge in [0.05, 0.1) is 29.3 Å². The summed E-state index contributed by atoms with van der Waals surface area (Å²) in [7, 11) is 0. The van der Waals surface area contributed by atoms with Crippen LogP contribution in [0.25, 0.3) is 50.2 Å². The average molecular weight is 718 g/mol. The van der Waals surface area contributed by atoms with Gasteiger partial charge in [0, 0.05) is 48.9 Å². The Kier molecular flexibility index (Phi) is 18.1. The van der Waals surface area contributed by atoms with Crippen molar-refractivity contribution < 1.29 is 13.2 Å². The molecule has 1 aliphatic rings. The van der Waals surface area contributed by atoms with Gasteiger partial charge in [-0.1, -0.05) is 93.2 Å². The lowest BCUT2D eigenvalue weighted by molar-refractivity contribution is 0.0131. The van der Waals surface area contributed by atoms with Crippen molar-refractivity contribution in [1.82, 2.24) is 30.0 Å². The second kappa shape index (κ2) is 21.6. The number of hydrogen-bond acceptors (Lipinski definition) is 5. The molecule has 282 valence electrons. The Labute approximate surface area is 308 Å². The van der Waals surface area contributed by atoms with Crippen LogP contribution in [0, 0.1) is 5.82 Å². The van der Waals surface area contributed by atoms with Crippen LogP contribution in [0.3, 0.4) is 0 Å². The first-order valence-corrected chi connectivity index (χ1v) is 18.7. The van der Waals surface area contributed by atoms with Gasteiger partial charge in [-0.25, -0.2) is 18.2 Å². The van der Waals surface area contributed by atoms with Gasteiger partial charge >= 0.3 is 0 Å². The molecule has 0 amide bonds. The third kappa shape index (κ3) is 10.9. The van der Waals surface area contributed by atoms with Crippen molar-refractivity contribution in [2.75, 3.05) is 31.5 Å². The minimum Gasteiger partial charge on any atom is -0.385 e. The van der Waals surface area contributed by atoms with Crippen molar-refractivity contribution >= 4 is 33.2 Å². The van der Waals surface area contributed by atoms with E-state index in [1.54, 1.807) is 23.4 Å². The highest BCUT2D eigenvalue weighted by atomic mass is 19.3. The van der Waals surface area contributed by atoms with E-state index in [0.717, 1.165) is 40.6 Å². The molecule has 0 aliphatic carbocycles. The van der Waals surface area contributed by atoms with E-state index in [2.05, 4.69) is 39.0 Å². The summed E-state index contributed by atoms with van der Waals surface area (Å²) in [6, 6.07) is 10.9. The van der Waals surface area contributed by atoms with Crippen LogP contribution in [0.1, 0.15) is 87.6 Å². The Balaban J connectivity index is 0.00000110. The fourth-order valence-electron chi connectivity index (χ4n) is 5.65. The maximum absolute atomic E-state index is 14.6. The molecule has 4 heterocycles. The number of allylic oxidation sites excluding steroid dienone is 3. The van der Waals surface area contributed by atoms with Gasteiger partial charge in [-0.2, -0.15) is 5.10 Å². The molecule has 52 heavy (non-hydrogen) atoms. The van der Waals surface area contributed by atoms with E-state index in [-0.39, 0.29) is 18.8 Å². The van der Waals surface area contributed by atoms with Gasteiger partial charge in [0.25, 0.3) is 5.92 Å². The van der Waals surface area contributed by atoms with Gasteiger partial charge in [0.15, 0.2) is 5.82 Å². The molecule has 0 bridgehead atoms. The number of rotatable bonds is 10. The number of likely N-dealkylation sites (tertiary alicyclic amines) is 1. The van der Waals surface area contributed by atoms with Crippen LogP contribution in [0.15, 0.2) is 79.2 Å². The summed E-state index contributed by atoms with van der Waals surface area (Å²) < 4.78 is 42.1. The second-order valence-corrected chi connectivity index (χ2v) is 11.1. The molecule has 0 unspecified atom stereocenters. The van der Waals surface area contributed by atoms with E-state index in [9.17, 15) is 13.2 Å². The number of pyridine rings is 1. The maximum atomic E-state index is 14.6. The number of imidazole rings is 1. The van der Waals surface area contributed by atoms with Gasteiger partial charge in [0.1, 0.15) is 11.5 Å². The Bertz CT molecular complexity index is 1900. The Morgan fingerprint density at radius 3 is 2.37 bits per heavy atom. The molecule has 5 aromatic rings. The van der Waals surface area contributed by atoms with Gasteiger partial charge < -0.3 is 10.3 Å². The number of alkyl halides is 2. The first-order chi connectivity index (χ1) is 25.3. The third-order valence-electron chi connectivity index (χ3n) is 7.87. The predicted octanol–water partition coefficient (Wildman–Crippen LogP) is 12.1. The zero-order chi connectivity index (χ0) is 38.8. The summed E-state index contributed by atoms with van der Waals surface area (Å²) in [6.45, 7) is 25.2. The number of benzene rings is 2. The van der Waals surface area contributed by atoms with Crippen LogP contribution in [0.4, 0.5) is 18.9 Å². The summed E-state index contributed by atoms with van der Waals surface area (Å²) in [4.78, 5) is 14.4. The van der Waals surface area contributed by atoms with Crippen LogP contribution >= 0.6 is 0 Å². The molecular weight excluding hydrogens is 660 g/mol. The smallest absolute Gasteiger partial charge is 0.261 e. The summed E-state index contributed by atoms with van der Waals surface area (Å²) >= 11 is 0. The highest BCUT2D eigenvalue weighted by Crippen LogP contribution is 2.34. The Morgan fingerprint density at radius 1 is 1.00 bits per heavy atom. The Hall–Kier alpha value is -4.70. The zero-order valence-corrected chi connectivity index (χ0v) is 32.7. The first-order valence-electron chi connectivity index (χ1n) is 18.7. The van der Waals surface area contributed by atoms with E-state index < -0.39 is 5.92 Å². The van der Waals surface area contributed by atoms with Crippen molar-refractivity contribution in [2.45, 2.75) is 88.0 Å². The molecule has 2 aromatic carbocycles. The number of fused-ring (bicyclic) bond motifs is 2. The topological polar surface area (TPSA) is 85.5 Å². The zero-order valence-electron chi connectivity index (χ0n) is 32.7. The minimum absolute atomic E-state index is 0.118. The lowest BCUT2D eigenvalue weighted by Crippen LogP contribution is -2.26. The lowest BCUT2D eigenvalue weighted by Gasteiger charge is -2.16. The van der Waals surface area contributed by atoms with E-state index >= 15 is 0 Å². The molecule has 1 fully saturated rings. The van der Waals surface area contributed by atoms with Crippen molar-refractivity contribution in [3.05, 3.63) is 90.6 Å². The molecule has 0 spiro atoms. The fourth-order valence-corrected chi connectivity index (χ4v) is 5.65. The molecule has 6 rings (SSSR count). The van der Waals surface area contributed by atoms with Crippen LogP contribution in [0.2, 0.25) is 0 Å². The molecule has 0 atom stereocenters. The summed E-state index contributed by atoms with van der Waals surface area (Å²) in [6.07, 6.45) is 9.90. The standard InChI is InChI=1S/C34H34F3N7.4C2H6/c1-4-10-39-26-14-24(13-25(35)16-26)28-17-38-18-30-31(28)41-33(40-30)32-27-15-23(7-8-29(27)42-43-32)22(6-3)12-21(5-2)19-44-11-9-34(36,37)20-44;4*1-2/h5-8,12-18,39H,2,4,9-11,19-20H2,1,3H3,(H,40,41)(H,42,43);4*1-2H3/b21-12+,22-6+;;;;. The van der Waals surface area contributed by atoms with E-state index in [1.165, 1.54) is 12.1 Å². The number of H-pyrrole nitrogens is 2. The van der Waals surface area contributed by atoms with Crippen molar-refractivity contribution in [2.24, 2.45) is 0 Å². The number of nitrogens with one attached hydrogen (secondary N) is 3. The lowest BCUT2D eigenvalue weighted by atomic mass is 10.00. The van der Waals surface area contributed by atoms with Crippen molar-refractivity contribution in [3.8, 4) is 22.6 Å². The molecule has 0 saturated carbocycles. The normalized spacial score (nSPS) is 13.9. The SMILES string of the molecule is C=C/C(=C\C(=C/C)c1ccc2[nH]nc(-c3nc4c(-c5cc(F)cc(NCCC)c5)cncc4[nH]3)c2c1)CN1CCC(F)(F)C1.CC.CC.CC.CC. The molecule has 7 nitrogen and oxygen atoms in total. The number of nitrogens with zero attached hydrogens (tertiary/aromatic N) is 4. The number of halogens is 3. The summed E-state index contributed by atoms with van der Waals surface area (Å²) in [5.41, 5.74) is 7.67. The number of anilines is 1. The van der Waals surface area contributed by atoms with Crippen molar-refractivity contribution in [1.29, 1.82) is 0 Å². The maximum Gasteiger partial charge on any atom is 0.261 e. The predicted molar refractivity (Wildman–Crippen MR) is 216 cm³/mol. The van der Waals surface area contributed by atoms with Crippen LogP contribution in [-0.4, -0.2) is 62.2 Å². The molecule has 1 aliphatic heterocycles. The highest BCUT2D eigenvalue weighted by Gasteiger charge is 2.38. The summed E-state index contributed by atoms with van der Waals surface area (Å²) in [5.74, 6) is -2.43. The average Bonchev–Trinajstić information content (AvgIpc) is 3.91.